The fraction of sp³-hybridized carbons (Fsp3) is 0.500. The third-order valence-corrected chi connectivity index (χ3v) is 3.95. The topological polar surface area (TPSA) is 0 Å². The summed E-state index contributed by atoms with van der Waals surface area (Å²) in [5, 5.41) is 0. The lowest BCUT2D eigenvalue weighted by atomic mass is 9.81. The van der Waals surface area contributed by atoms with Gasteiger partial charge in [-0.05, 0) is 12.3 Å². The largest absolute Gasteiger partial charge is 0.207 e. The molecule has 1 atom stereocenters. The number of hydrogen-bond acceptors (Lipinski definition) is 0. The average molecular weight is 293 g/mol. The van der Waals surface area contributed by atoms with Crippen LogP contribution < -0.4 is 0 Å². The molecular weight excluding hydrogens is 281 g/mol. The Labute approximate surface area is 101 Å². The molecule has 0 heterocycles. The summed E-state index contributed by atoms with van der Waals surface area (Å²) in [6.07, 6.45) is 4.14. The van der Waals surface area contributed by atoms with Gasteiger partial charge in [0.05, 0.1) is 0 Å². The molecule has 1 aromatic rings. The van der Waals surface area contributed by atoms with Crippen LogP contribution >= 0.6 is 15.9 Å². The van der Waals surface area contributed by atoms with E-state index in [0.29, 0.717) is 12.3 Å². The van der Waals surface area contributed by atoms with Crippen LogP contribution in [0.25, 0.3) is 0 Å². The van der Waals surface area contributed by atoms with Crippen LogP contribution in [-0.2, 0) is 0 Å². The highest BCUT2D eigenvalue weighted by Gasteiger charge is 2.25. The molecule has 0 amide bonds. The summed E-state index contributed by atoms with van der Waals surface area (Å²) in [6, 6.07) is 1.46. The van der Waals surface area contributed by atoms with Crippen molar-refractivity contribution in [1.82, 2.24) is 0 Å². The Bertz CT molecular complexity index is 365. The Morgan fingerprint density at radius 2 is 1.75 bits per heavy atom. The van der Waals surface area contributed by atoms with Gasteiger partial charge in [0.1, 0.15) is 17.5 Å². The van der Waals surface area contributed by atoms with Gasteiger partial charge in [-0.3, -0.25) is 0 Å². The van der Waals surface area contributed by atoms with Crippen molar-refractivity contribution in [3.8, 4) is 0 Å². The van der Waals surface area contributed by atoms with Gasteiger partial charge in [0, 0.05) is 22.5 Å². The fourth-order valence-corrected chi connectivity index (χ4v) is 2.96. The minimum Gasteiger partial charge on any atom is -0.207 e. The molecule has 0 spiro atoms. The zero-order valence-electron chi connectivity index (χ0n) is 8.65. The highest BCUT2D eigenvalue weighted by molar-refractivity contribution is 9.09. The predicted octanol–water partition coefficient (Wildman–Crippen LogP) is 4.73. The molecule has 1 aromatic carbocycles. The van der Waals surface area contributed by atoms with Crippen LogP contribution in [0.2, 0.25) is 0 Å². The number of alkyl halides is 1. The minimum absolute atomic E-state index is 0.0479. The van der Waals surface area contributed by atoms with E-state index < -0.39 is 17.5 Å². The second-order valence-corrected chi connectivity index (χ2v) is 5.39. The summed E-state index contributed by atoms with van der Waals surface area (Å²) in [7, 11) is 0. The summed E-state index contributed by atoms with van der Waals surface area (Å²) in [4.78, 5) is -0.363. The normalized spacial score (nSPS) is 18.2. The lowest BCUT2D eigenvalue weighted by Gasteiger charge is -2.27. The van der Waals surface area contributed by atoms with E-state index >= 15 is 0 Å². The molecule has 0 bridgehead atoms. The van der Waals surface area contributed by atoms with E-state index in [4.69, 9.17) is 0 Å². The SMILES string of the molecule is Fc1cc(F)c(C(Br)CC2CCC2)c(F)c1. The maximum Gasteiger partial charge on any atom is 0.133 e. The zero-order valence-corrected chi connectivity index (χ0v) is 10.2. The Morgan fingerprint density at radius 1 is 1.19 bits per heavy atom. The first-order valence-corrected chi connectivity index (χ1v) is 6.28. The molecule has 1 aliphatic carbocycles. The summed E-state index contributed by atoms with van der Waals surface area (Å²) in [5.74, 6) is -1.95. The third-order valence-electron chi connectivity index (χ3n) is 3.12. The minimum atomic E-state index is -0.873. The monoisotopic (exact) mass is 292 g/mol. The Kier molecular flexibility index (Phi) is 3.57. The van der Waals surface area contributed by atoms with E-state index in [0.717, 1.165) is 25.0 Å². The molecule has 4 heteroatoms. The molecule has 0 radical (unpaired) electrons. The zero-order chi connectivity index (χ0) is 11.7. The van der Waals surface area contributed by atoms with Crippen molar-refractivity contribution in [2.45, 2.75) is 30.5 Å². The maximum atomic E-state index is 13.4. The molecule has 1 unspecified atom stereocenters. The van der Waals surface area contributed by atoms with E-state index in [1.807, 2.05) is 0 Å². The third kappa shape index (κ3) is 2.42. The molecule has 1 saturated carbocycles. The van der Waals surface area contributed by atoms with Gasteiger partial charge < -0.3 is 0 Å². The van der Waals surface area contributed by atoms with Gasteiger partial charge in [0.25, 0.3) is 0 Å². The molecule has 2 rings (SSSR count). The van der Waals surface area contributed by atoms with Crippen LogP contribution in [0, 0.1) is 23.4 Å². The van der Waals surface area contributed by atoms with Crippen molar-refractivity contribution in [3.05, 3.63) is 35.1 Å². The average Bonchev–Trinajstić information content (AvgIpc) is 2.09. The summed E-state index contributed by atoms with van der Waals surface area (Å²) < 4.78 is 39.6. The molecule has 1 aliphatic rings. The second kappa shape index (κ2) is 4.78. The first kappa shape index (κ1) is 12.0. The van der Waals surface area contributed by atoms with Crippen LogP contribution in [0.4, 0.5) is 13.2 Å². The van der Waals surface area contributed by atoms with E-state index in [1.165, 1.54) is 6.42 Å². The standard InChI is InChI=1S/C12H12BrF3/c13-9(4-7-2-1-3-7)12-10(15)5-8(14)6-11(12)16/h5-7,9H,1-4H2. The first-order valence-electron chi connectivity index (χ1n) is 5.36. The van der Waals surface area contributed by atoms with E-state index in [1.54, 1.807) is 0 Å². The summed E-state index contributed by atoms with van der Waals surface area (Å²) in [5.41, 5.74) is -0.0479. The van der Waals surface area contributed by atoms with Gasteiger partial charge in [-0.25, -0.2) is 13.2 Å². The highest BCUT2D eigenvalue weighted by Crippen LogP contribution is 2.40. The van der Waals surface area contributed by atoms with Gasteiger partial charge in [-0.15, -0.1) is 0 Å². The van der Waals surface area contributed by atoms with Gasteiger partial charge in [-0.2, -0.15) is 0 Å². The number of rotatable bonds is 3. The molecule has 0 nitrogen and oxygen atoms in total. The molecule has 88 valence electrons. The van der Waals surface area contributed by atoms with Crippen LogP contribution in [0.3, 0.4) is 0 Å². The number of halogens is 4. The van der Waals surface area contributed by atoms with Crippen molar-refractivity contribution >= 4 is 15.9 Å². The molecule has 0 aliphatic heterocycles. The summed E-state index contributed by atoms with van der Waals surface area (Å²) in [6.45, 7) is 0. The molecule has 0 aromatic heterocycles. The van der Waals surface area contributed by atoms with Crippen molar-refractivity contribution in [3.63, 3.8) is 0 Å². The Morgan fingerprint density at radius 3 is 2.19 bits per heavy atom. The van der Waals surface area contributed by atoms with Crippen LogP contribution in [0.5, 0.6) is 0 Å². The van der Waals surface area contributed by atoms with E-state index in [2.05, 4.69) is 15.9 Å². The second-order valence-electron chi connectivity index (χ2n) is 4.28. The van der Waals surface area contributed by atoms with E-state index in [9.17, 15) is 13.2 Å². The van der Waals surface area contributed by atoms with Crippen molar-refractivity contribution in [1.29, 1.82) is 0 Å². The van der Waals surface area contributed by atoms with Crippen LogP contribution in [0.15, 0.2) is 12.1 Å². The van der Waals surface area contributed by atoms with Crippen molar-refractivity contribution in [2.75, 3.05) is 0 Å². The lowest BCUT2D eigenvalue weighted by molar-refractivity contribution is 0.293. The molecule has 16 heavy (non-hydrogen) atoms. The Balaban J connectivity index is 2.17. The van der Waals surface area contributed by atoms with Gasteiger partial charge in [-0.1, -0.05) is 35.2 Å². The molecule has 0 N–H and O–H groups in total. The quantitative estimate of drug-likeness (QED) is 0.707. The summed E-state index contributed by atoms with van der Waals surface area (Å²) >= 11 is 3.29. The van der Waals surface area contributed by atoms with Gasteiger partial charge >= 0.3 is 0 Å². The smallest absolute Gasteiger partial charge is 0.133 e. The van der Waals surface area contributed by atoms with E-state index in [-0.39, 0.29) is 10.4 Å². The van der Waals surface area contributed by atoms with Gasteiger partial charge in [0.2, 0.25) is 0 Å². The first-order chi connectivity index (χ1) is 7.58. The number of hydrogen-bond donors (Lipinski definition) is 0. The van der Waals surface area contributed by atoms with Gasteiger partial charge in [0.15, 0.2) is 0 Å². The highest BCUT2D eigenvalue weighted by atomic mass is 79.9. The van der Waals surface area contributed by atoms with Crippen LogP contribution in [-0.4, -0.2) is 0 Å². The van der Waals surface area contributed by atoms with Crippen molar-refractivity contribution in [2.24, 2.45) is 5.92 Å². The van der Waals surface area contributed by atoms with Crippen LogP contribution in [0.1, 0.15) is 36.1 Å². The van der Waals surface area contributed by atoms with Crippen molar-refractivity contribution < 1.29 is 13.2 Å². The molecule has 1 fully saturated rings. The predicted molar refractivity (Wildman–Crippen MR) is 59.9 cm³/mol. The fourth-order valence-electron chi connectivity index (χ4n) is 1.99. The maximum absolute atomic E-state index is 13.4. The molecule has 0 saturated heterocycles. The molecular formula is C12H12BrF3. The lowest BCUT2D eigenvalue weighted by Crippen LogP contribution is -2.14. The Hall–Kier alpha value is -0.510. The number of benzene rings is 1.